The van der Waals surface area contributed by atoms with Crippen LogP contribution in [0.3, 0.4) is 0 Å². The molecule has 1 aliphatic heterocycles. The van der Waals surface area contributed by atoms with Crippen LogP contribution >= 0.6 is 0 Å². The molecule has 0 saturated carbocycles. The number of aromatic amines is 1. The minimum absolute atomic E-state index is 0.0168. The van der Waals surface area contributed by atoms with Gasteiger partial charge in [0.25, 0.3) is 5.91 Å². The summed E-state index contributed by atoms with van der Waals surface area (Å²) in [5, 5.41) is 4.09. The number of aromatic nitrogens is 1. The first-order valence-corrected chi connectivity index (χ1v) is 12.1. The van der Waals surface area contributed by atoms with Crippen molar-refractivity contribution in [3.8, 4) is 17.0 Å². The van der Waals surface area contributed by atoms with Gasteiger partial charge >= 0.3 is 0 Å². The maximum absolute atomic E-state index is 13.0. The number of aryl methyl sites for hydroxylation is 1. The number of carbonyl (C=O) groups excluding carboxylic acids is 2. The first-order chi connectivity index (χ1) is 17.1. The van der Waals surface area contributed by atoms with Gasteiger partial charge in [-0.05, 0) is 72.9 Å². The molecule has 1 aliphatic rings. The summed E-state index contributed by atoms with van der Waals surface area (Å²) in [4.78, 5) is 31.3. The summed E-state index contributed by atoms with van der Waals surface area (Å²) >= 11 is 0. The van der Waals surface area contributed by atoms with Gasteiger partial charge in [-0.3, -0.25) is 9.59 Å². The van der Waals surface area contributed by atoms with E-state index in [0.717, 1.165) is 59.4 Å². The van der Waals surface area contributed by atoms with Crippen LogP contribution in [0, 0.1) is 0 Å². The van der Waals surface area contributed by atoms with E-state index in [1.54, 1.807) is 19.2 Å². The largest absolute Gasteiger partial charge is 0.497 e. The van der Waals surface area contributed by atoms with Crippen LogP contribution in [0.4, 0.5) is 5.69 Å². The van der Waals surface area contributed by atoms with Gasteiger partial charge in [0.2, 0.25) is 5.91 Å². The fourth-order valence-electron chi connectivity index (χ4n) is 4.78. The second-order valence-corrected chi connectivity index (χ2v) is 8.85. The van der Waals surface area contributed by atoms with Crippen LogP contribution < -0.4 is 10.1 Å². The average Bonchev–Trinajstić information content (AvgIpc) is 3.56. The van der Waals surface area contributed by atoms with Gasteiger partial charge < -0.3 is 19.9 Å². The molecule has 3 aromatic carbocycles. The van der Waals surface area contributed by atoms with E-state index in [9.17, 15) is 9.59 Å². The molecule has 0 bridgehead atoms. The molecular weight excluding hydrogens is 438 g/mol. The molecule has 1 aromatic heterocycles. The average molecular weight is 468 g/mol. The van der Waals surface area contributed by atoms with Crippen LogP contribution in [0.5, 0.6) is 5.75 Å². The van der Waals surface area contributed by atoms with Crippen molar-refractivity contribution >= 4 is 28.4 Å². The van der Waals surface area contributed by atoms with Crippen LogP contribution in [-0.2, 0) is 11.2 Å². The molecule has 6 heteroatoms. The Bertz CT molecular complexity index is 1350. The number of hydrogen-bond donors (Lipinski definition) is 2. The molecule has 0 unspecified atom stereocenters. The lowest BCUT2D eigenvalue weighted by atomic mass is 10.0. The highest BCUT2D eigenvalue weighted by atomic mass is 16.5. The molecule has 1 fully saturated rings. The Hall–Kier alpha value is -4.06. The number of rotatable bonds is 7. The van der Waals surface area contributed by atoms with Crippen molar-refractivity contribution in [2.75, 3.05) is 25.5 Å². The lowest BCUT2D eigenvalue weighted by molar-refractivity contribution is -0.116. The van der Waals surface area contributed by atoms with Crippen LogP contribution in [0.2, 0.25) is 0 Å². The second kappa shape index (κ2) is 10.1. The summed E-state index contributed by atoms with van der Waals surface area (Å²) in [6.45, 7) is 1.55. The Morgan fingerprint density at radius 2 is 1.66 bits per heavy atom. The molecule has 0 atom stereocenters. The van der Waals surface area contributed by atoms with Gasteiger partial charge in [-0.15, -0.1) is 0 Å². The number of methoxy groups -OCH3 is 1. The van der Waals surface area contributed by atoms with E-state index in [0.29, 0.717) is 24.1 Å². The van der Waals surface area contributed by atoms with Gasteiger partial charge in [0.15, 0.2) is 0 Å². The molecule has 5 rings (SSSR count). The Morgan fingerprint density at radius 1 is 0.943 bits per heavy atom. The fourth-order valence-corrected chi connectivity index (χ4v) is 4.78. The summed E-state index contributed by atoms with van der Waals surface area (Å²) in [5.41, 5.74) is 5.31. The predicted molar refractivity (Wildman–Crippen MR) is 139 cm³/mol. The van der Waals surface area contributed by atoms with E-state index in [4.69, 9.17) is 4.74 Å². The van der Waals surface area contributed by atoms with Gasteiger partial charge in [-0.2, -0.15) is 0 Å². The molecule has 35 heavy (non-hydrogen) atoms. The van der Waals surface area contributed by atoms with E-state index in [-0.39, 0.29) is 11.8 Å². The molecular formula is C29H29N3O3. The zero-order chi connectivity index (χ0) is 24.2. The molecule has 0 spiro atoms. The van der Waals surface area contributed by atoms with E-state index in [1.165, 1.54) is 0 Å². The maximum Gasteiger partial charge on any atom is 0.255 e. The number of H-pyrrole nitrogens is 1. The van der Waals surface area contributed by atoms with Crippen molar-refractivity contribution < 1.29 is 14.3 Å². The molecule has 178 valence electrons. The van der Waals surface area contributed by atoms with Crippen molar-refractivity contribution in [2.45, 2.75) is 25.7 Å². The summed E-state index contributed by atoms with van der Waals surface area (Å²) < 4.78 is 5.30. The van der Waals surface area contributed by atoms with Crippen molar-refractivity contribution in [3.63, 3.8) is 0 Å². The fraction of sp³-hybridized carbons (Fsp3) is 0.241. The quantitative estimate of drug-likeness (QED) is 0.369. The van der Waals surface area contributed by atoms with Gasteiger partial charge in [0, 0.05) is 36.1 Å². The summed E-state index contributed by atoms with van der Waals surface area (Å²) in [5.74, 6) is 0.669. The first-order valence-electron chi connectivity index (χ1n) is 12.1. The monoisotopic (exact) mass is 467 g/mol. The zero-order valence-electron chi connectivity index (χ0n) is 19.8. The Labute approximate surface area is 204 Å². The minimum atomic E-state index is -0.113. The van der Waals surface area contributed by atoms with Gasteiger partial charge in [0.1, 0.15) is 5.75 Å². The highest BCUT2D eigenvalue weighted by molar-refractivity contribution is 6.04. The molecule has 2 heterocycles. The van der Waals surface area contributed by atoms with Crippen LogP contribution in [0.1, 0.15) is 35.2 Å². The number of ether oxygens (including phenoxy) is 1. The highest BCUT2D eigenvalue weighted by Gasteiger charge is 2.22. The van der Waals surface area contributed by atoms with Crippen molar-refractivity contribution in [1.82, 2.24) is 9.88 Å². The van der Waals surface area contributed by atoms with Crippen molar-refractivity contribution in [1.29, 1.82) is 0 Å². The molecule has 2 amide bonds. The molecule has 1 saturated heterocycles. The lowest BCUT2D eigenvalue weighted by Crippen LogP contribution is -2.28. The number of fused-ring (bicyclic) bond motifs is 1. The number of para-hydroxylation sites is 2. The Morgan fingerprint density at radius 3 is 2.43 bits per heavy atom. The van der Waals surface area contributed by atoms with Gasteiger partial charge in [0.05, 0.1) is 18.4 Å². The second-order valence-electron chi connectivity index (χ2n) is 8.85. The molecule has 4 aromatic rings. The highest BCUT2D eigenvalue weighted by Crippen LogP contribution is 2.32. The number of hydrogen-bond acceptors (Lipinski definition) is 3. The van der Waals surface area contributed by atoms with Gasteiger partial charge in [-0.1, -0.05) is 30.3 Å². The lowest BCUT2D eigenvalue weighted by Gasteiger charge is -2.18. The summed E-state index contributed by atoms with van der Waals surface area (Å²) in [7, 11) is 1.65. The number of amides is 2. The molecule has 2 N–H and O–H groups in total. The van der Waals surface area contributed by atoms with E-state index in [1.807, 2.05) is 59.5 Å². The Balaban J connectivity index is 1.36. The third-order valence-corrected chi connectivity index (χ3v) is 6.62. The van der Waals surface area contributed by atoms with Crippen LogP contribution in [0.25, 0.3) is 22.2 Å². The topological polar surface area (TPSA) is 74.4 Å². The van der Waals surface area contributed by atoms with Gasteiger partial charge in [-0.25, -0.2) is 0 Å². The van der Waals surface area contributed by atoms with E-state index in [2.05, 4.69) is 16.4 Å². The molecule has 0 radical (unpaired) electrons. The van der Waals surface area contributed by atoms with E-state index >= 15 is 0 Å². The number of benzene rings is 3. The van der Waals surface area contributed by atoms with Crippen molar-refractivity contribution in [2.24, 2.45) is 0 Å². The van der Waals surface area contributed by atoms with Crippen LogP contribution in [-0.4, -0.2) is 41.9 Å². The number of anilines is 1. The number of likely N-dealkylation sites (tertiary alicyclic amines) is 1. The Kier molecular flexibility index (Phi) is 6.53. The molecule has 0 aliphatic carbocycles. The number of nitrogens with zero attached hydrogens (tertiary/aromatic N) is 1. The first kappa shape index (κ1) is 22.7. The smallest absolute Gasteiger partial charge is 0.255 e. The zero-order valence-corrected chi connectivity index (χ0v) is 19.8. The number of carbonyl (C=O) groups is 2. The number of nitrogens with one attached hydrogen (secondary N) is 2. The molecule has 6 nitrogen and oxygen atoms in total. The van der Waals surface area contributed by atoms with E-state index < -0.39 is 0 Å². The normalized spacial score (nSPS) is 13.2. The maximum atomic E-state index is 13.0. The minimum Gasteiger partial charge on any atom is -0.497 e. The van der Waals surface area contributed by atoms with Crippen LogP contribution in [0.15, 0.2) is 72.8 Å². The third-order valence-electron chi connectivity index (χ3n) is 6.62. The third kappa shape index (κ3) is 4.78. The summed E-state index contributed by atoms with van der Waals surface area (Å²) in [6.07, 6.45) is 2.93. The predicted octanol–water partition coefficient (Wildman–Crippen LogP) is 5.65. The van der Waals surface area contributed by atoms with Crippen molar-refractivity contribution in [3.05, 3.63) is 83.9 Å². The SMILES string of the molecule is COc1ccc(-c2[nH]c3ccccc3c2CCC(=O)Nc2ccccc2C(=O)N2CCCC2)cc1. The summed E-state index contributed by atoms with van der Waals surface area (Å²) in [6, 6.07) is 23.3. The standard InChI is InChI=1S/C29H29N3O3/c1-35-21-14-12-20(13-15-21)28-23(22-8-2-4-10-25(22)31-28)16-17-27(33)30-26-11-5-3-9-24(26)29(34)32-18-6-7-19-32/h2-5,8-15,31H,6-7,16-19H2,1H3,(H,30,33).